The lowest BCUT2D eigenvalue weighted by molar-refractivity contribution is -0.133. The third-order valence-electron chi connectivity index (χ3n) is 8.57. The lowest BCUT2D eigenvalue weighted by Crippen LogP contribution is -2.54. The van der Waals surface area contributed by atoms with E-state index in [9.17, 15) is 10.2 Å². The van der Waals surface area contributed by atoms with Gasteiger partial charge in [-0.3, -0.25) is 0 Å². The smallest absolute Gasteiger partial charge is 0.0721 e. The van der Waals surface area contributed by atoms with E-state index in [1.54, 1.807) is 0 Å². The lowest BCUT2D eigenvalue weighted by atomic mass is 9.45. The molecule has 4 aliphatic rings. The summed E-state index contributed by atoms with van der Waals surface area (Å²) in [6.45, 7) is 4.87. The van der Waals surface area contributed by atoms with Crippen LogP contribution < -0.4 is 0 Å². The summed E-state index contributed by atoms with van der Waals surface area (Å²) in [5.74, 6) is 3.04. The molecule has 0 aliphatic heterocycles. The maximum absolute atomic E-state index is 10.7. The van der Waals surface area contributed by atoms with Crippen molar-refractivity contribution in [2.45, 2.75) is 82.2 Å². The molecule has 0 saturated heterocycles. The zero-order chi connectivity index (χ0) is 15.7. The van der Waals surface area contributed by atoms with Crippen molar-refractivity contribution < 1.29 is 10.2 Å². The topological polar surface area (TPSA) is 40.5 Å². The highest BCUT2D eigenvalue weighted by molar-refractivity contribution is 9.09. The van der Waals surface area contributed by atoms with Crippen molar-refractivity contribution in [3.63, 3.8) is 0 Å². The van der Waals surface area contributed by atoms with Crippen LogP contribution in [0.2, 0.25) is 0 Å². The summed E-state index contributed by atoms with van der Waals surface area (Å²) in [5.41, 5.74) is 0.575. The fourth-order valence-electron chi connectivity index (χ4n) is 7.18. The van der Waals surface area contributed by atoms with E-state index in [1.165, 1.54) is 32.1 Å². The molecule has 0 heterocycles. The third-order valence-corrected chi connectivity index (χ3v) is 9.45. The van der Waals surface area contributed by atoms with Gasteiger partial charge in [-0.2, -0.15) is 0 Å². The molecule has 0 bridgehead atoms. The molecule has 0 amide bonds. The lowest BCUT2D eigenvalue weighted by Gasteiger charge is -2.60. The minimum atomic E-state index is -0.169. The van der Waals surface area contributed by atoms with Crippen LogP contribution in [0.25, 0.3) is 0 Å². The van der Waals surface area contributed by atoms with Crippen LogP contribution in [0.1, 0.15) is 65.2 Å². The van der Waals surface area contributed by atoms with Crippen LogP contribution in [0.4, 0.5) is 0 Å². The van der Waals surface area contributed by atoms with Gasteiger partial charge in [-0.25, -0.2) is 0 Å². The number of aliphatic hydroxyl groups is 2. The predicted molar refractivity (Wildman–Crippen MR) is 91.8 cm³/mol. The maximum atomic E-state index is 10.7. The monoisotopic (exact) mass is 370 g/mol. The van der Waals surface area contributed by atoms with E-state index in [2.05, 4.69) is 29.8 Å². The first-order valence-corrected chi connectivity index (χ1v) is 10.3. The summed E-state index contributed by atoms with van der Waals surface area (Å²) >= 11 is 3.75. The standard InChI is InChI=1S/C19H31BrO2/c1-18-7-5-12(21)9-11(18)3-4-13-14(18)6-8-19(2)15(13)10-16(20)17(19)22/h11-17,21-22H,3-10H2,1-2H3/t11?,12-,13?,14?,15?,16+,17?,18-,19-/m0/s1. The number of aliphatic hydroxyl groups excluding tert-OH is 2. The van der Waals surface area contributed by atoms with Crippen LogP contribution >= 0.6 is 15.9 Å². The van der Waals surface area contributed by atoms with Gasteiger partial charge in [0, 0.05) is 4.83 Å². The molecule has 4 aliphatic carbocycles. The van der Waals surface area contributed by atoms with Gasteiger partial charge in [0.2, 0.25) is 0 Å². The average molecular weight is 371 g/mol. The number of halogens is 1. The van der Waals surface area contributed by atoms with Gasteiger partial charge < -0.3 is 10.2 Å². The van der Waals surface area contributed by atoms with Crippen LogP contribution in [0.15, 0.2) is 0 Å². The Labute approximate surface area is 143 Å². The second kappa shape index (κ2) is 5.20. The second-order valence-corrected chi connectivity index (χ2v) is 10.5. The van der Waals surface area contributed by atoms with Crippen LogP contribution in [0.3, 0.4) is 0 Å². The zero-order valence-electron chi connectivity index (χ0n) is 14.0. The molecule has 2 N–H and O–H groups in total. The van der Waals surface area contributed by atoms with E-state index in [4.69, 9.17) is 0 Å². The molecule has 4 rings (SSSR count). The number of hydrogen-bond acceptors (Lipinski definition) is 2. The SMILES string of the molecule is C[C@]12CC[C@H](O)CC1CCC1C2CC[C@@]2(C)C1C[C@@H](Br)C2O. The molecule has 9 atom stereocenters. The van der Waals surface area contributed by atoms with Crippen molar-refractivity contribution in [2.24, 2.45) is 34.5 Å². The first-order valence-electron chi connectivity index (χ1n) is 9.36. The first kappa shape index (κ1) is 15.9. The quantitative estimate of drug-likeness (QED) is 0.629. The summed E-state index contributed by atoms with van der Waals surface area (Å²) in [6, 6.07) is 0. The van der Waals surface area contributed by atoms with Gasteiger partial charge >= 0.3 is 0 Å². The van der Waals surface area contributed by atoms with Crippen molar-refractivity contribution in [1.29, 1.82) is 0 Å². The molecular weight excluding hydrogens is 340 g/mol. The molecule has 2 nitrogen and oxygen atoms in total. The second-order valence-electron chi connectivity index (χ2n) is 9.33. The minimum absolute atomic E-state index is 0.0521. The van der Waals surface area contributed by atoms with E-state index in [1.807, 2.05) is 0 Å². The van der Waals surface area contributed by atoms with Crippen molar-refractivity contribution in [3.05, 3.63) is 0 Å². The van der Waals surface area contributed by atoms with Crippen molar-refractivity contribution in [3.8, 4) is 0 Å². The molecule has 0 aromatic heterocycles. The minimum Gasteiger partial charge on any atom is -0.393 e. The third kappa shape index (κ3) is 2.04. The molecule has 0 aromatic carbocycles. The van der Waals surface area contributed by atoms with Gasteiger partial charge in [0.05, 0.1) is 12.2 Å². The van der Waals surface area contributed by atoms with E-state index < -0.39 is 0 Å². The Morgan fingerprint density at radius 3 is 2.36 bits per heavy atom. The van der Waals surface area contributed by atoms with Crippen molar-refractivity contribution in [2.75, 3.05) is 0 Å². The van der Waals surface area contributed by atoms with Gasteiger partial charge in [0.25, 0.3) is 0 Å². The number of alkyl halides is 1. The molecule has 0 spiro atoms. The van der Waals surface area contributed by atoms with E-state index >= 15 is 0 Å². The predicted octanol–water partition coefficient (Wildman–Crippen LogP) is 4.12. The molecular formula is C19H31BrO2. The van der Waals surface area contributed by atoms with Gasteiger partial charge in [0.15, 0.2) is 0 Å². The van der Waals surface area contributed by atoms with Gasteiger partial charge in [-0.1, -0.05) is 29.8 Å². The molecule has 0 aromatic rings. The Morgan fingerprint density at radius 1 is 0.864 bits per heavy atom. The van der Waals surface area contributed by atoms with E-state index in [0.717, 1.165) is 37.0 Å². The van der Waals surface area contributed by atoms with Crippen LogP contribution in [-0.4, -0.2) is 27.2 Å². The number of rotatable bonds is 0. The average Bonchev–Trinajstić information content (AvgIpc) is 2.72. The maximum Gasteiger partial charge on any atom is 0.0721 e. The summed E-state index contributed by atoms with van der Waals surface area (Å²) in [4.78, 5) is 0.292. The first-order chi connectivity index (χ1) is 10.4. The fourth-order valence-corrected chi connectivity index (χ4v) is 8.19. The summed E-state index contributed by atoms with van der Waals surface area (Å²) in [6.07, 6.45) is 9.28. The Kier molecular flexibility index (Phi) is 3.76. The zero-order valence-corrected chi connectivity index (χ0v) is 15.6. The van der Waals surface area contributed by atoms with Gasteiger partial charge in [0.1, 0.15) is 0 Å². The highest BCUT2D eigenvalue weighted by atomic mass is 79.9. The molecule has 0 radical (unpaired) electrons. The van der Waals surface area contributed by atoms with Gasteiger partial charge in [-0.15, -0.1) is 0 Å². The Balaban J connectivity index is 1.63. The molecule has 126 valence electrons. The van der Waals surface area contributed by atoms with E-state index in [0.29, 0.717) is 16.2 Å². The number of hydrogen-bond donors (Lipinski definition) is 2. The Morgan fingerprint density at radius 2 is 1.59 bits per heavy atom. The summed E-state index contributed by atoms with van der Waals surface area (Å²) in [7, 11) is 0. The molecule has 4 saturated carbocycles. The van der Waals surface area contributed by atoms with Crippen molar-refractivity contribution in [1.82, 2.24) is 0 Å². The van der Waals surface area contributed by atoms with Crippen LogP contribution in [0.5, 0.6) is 0 Å². The normalized spacial score (nSPS) is 61.2. The van der Waals surface area contributed by atoms with Gasteiger partial charge in [-0.05, 0) is 85.9 Å². The molecule has 3 heteroatoms. The highest BCUT2D eigenvalue weighted by Gasteiger charge is 2.61. The Hall–Kier alpha value is 0.400. The molecule has 5 unspecified atom stereocenters. The molecule has 22 heavy (non-hydrogen) atoms. The largest absolute Gasteiger partial charge is 0.393 e. The van der Waals surface area contributed by atoms with E-state index in [-0.39, 0.29) is 17.6 Å². The Bertz CT molecular complexity index is 455. The molecule has 4 fully saturated rings. The summed E-state index contributed by atoms with van der Waals surface area (Å²) in [5, 5.41) is 20.8. The van der Waals surface area contributed by atoms with Crippen molar-refractivity contribution >= 4 is 15.9 Å². The fraction of sp³-hybridized carbons (Fsp3) is 1.00. The highest BCUT2D eigenvalue weighted by Crippen LogP contribution is 2.66. The summed E-state index contributed by atoms with van der Waals surface area (Å²) < 4.78 is 0. The van der Waals surface area contributed by atoms with Crippen LogP contribution in [0, 0.1) is 34.5 Å². The number of fused-ring (bicyclic) bond motifs is 5. The van der Waals surface area contributed by atoms with Crippen LogP contribution in [-0.2, 0) is 0 Å².